The second kappa shape index (κ2) is 8.72. The van der Waals surface area contributed by atoms with E-state index in [4.69, 9.17) is 9.16 Å². The molecule has 162 valence electrons. The molecule has 1 aromatic rings. The third kappa shape index (κ3) is 6.08. The summed E-state index contributed by atoms with van der Waals surface area (Å²) in [7, 11) is 2.09. The van der Waals surface area contributed by atoms with Gasteiger partial charge in [-0.15, -0.1) is 0 Å². The molecule has 2 radical (unpaired) electrons. The van der Waals surface area contributed by atoms with Crippen LogP contribution in [0.2, 0.25) is 5.04 Å². The number of amides is 1. The van der Waals surface area contributed by atoms with E-state index >= 15 is 0 Å². The zero-order chi connectivity index (χ0) is 22.2. The number of hydrogen-bond acceptors (Lipinski definition) is 3. The molecule has 29 heavy (non-hydrogen) atoms. The molecule has 6 heteroatoms. The van der Waals surface area contributed by atoms with E-state index in [-0.39, 0.29) is 28.0 Å². The highest BCUT2D eigenvalue weighted by Gasteiger charge is 2.42. The number of halogens is 1. The largest absolute Gasteiger partial charge is 0.496 e. The average molecular weight is 483 g/mol. The van der Waals surface area contributed by atoms with Crippen molar-refractivity contribution in [2.45, 2.75) is 96.9 Å². The zero-order valence-electron chi connectivity index (χ0n) is 19.4. The van der Waals surface area contributed by atoms with E-state index in [9.17, 15) is 4.79 Å². The van der Waals surface area contributed by atoms with Gasteiger partial charge in [0.2, 0.25) is 15.7 Å². The second-order valence-corrected chi connectivity index (χ2v) is 13.3. The molecule has 1 aliphatic heterocycles. The van der Waals surface area contributed by atoms with E-state index in [2.05, 4.69) is 83.5 Å². The number of likely N-dealkylation sites (tertiary alicyclic amines) is 1. The minimum Gasteiger partial charge on any atom is -0.496 e. The van der Waals surface area contributed by atoms with Gasteiger partial charge >= 0.3 is 0 Å². The molecule has 1 heterocycles. The van der Waals surface area contributed by atoms with Crippen molar-refractivity contribution in [2.75, 3.05) is 7.11 Å². The summed E-state index contributed by atoms with van der Waals surface area (Å²) in [6.07, 6.45) is 1.40. The molecular formula is C23H36BrNO3Si. The van der Waals surface area contributed by atoms with Gasteiger partial charge in [-0.1, -0.05) is 57.5 Å². The summed E-state index contributed by atoms with van der Waals surface area (Å²) < 4.78 is 13.0. The normalized spacial score (nSPS) is 18.5. The smallest absolute Gasteiger partial charge is 0.236 e. The molecule has 2 rings (SSSR count). The van der Waals surface area contributed by atoms with E-state index in [1.807, 2.05) is 4.90 Å². The Morgan fingerprint density at radius 2 is 1.76 bits per heavy atom. The first-order valence-corrected chi connectivity index (χ1v) is 12.0. The molecule has 0 aliphatic carbocycles. The van der Waals surface area contributed by atoms with Crippen molar-refractivity contribution in [3.8, 4) is 5.75 Å². The Hall–Kier alpha value is -0.853. The number of rotatable bonds is 6. The van der Waals surface area contributed by atoms with Crippen LogP contribution in [0.25, 0.3) is 0 Å². The van der Waals surface area contributed by atoms with Crippen LogP contribution in [0.5, 0.6) is 5.75 Å². The first kappa shape index (κ1) is 24.4. The first-order chi connectivity index (χ1) is 13.2. The van der Waals surface area contributed by atoms with Gasteiger partial charge in [0, 0.05) is 23.0 Å². The average Bonchev–Trinajstić information content (AvgIpc) is 2.94. The highest BCUT2D eigenvalue weighted by Crippen LogP contribution is 2.38. The highest BCUT2D eigenvalue weighted by atomic mass is 79.9. The van der Waals surface area contributed by atoms with Crippen molar-refractivity contribution < 1.29 is 14.0 Å². The summed E-state index contributed by atoms with van der Waals surface area (Å²) in [5.74, 6) is 1.06. The molecule has 0 saturated carbocycles. The zero-order valence-corrected chi connectivity index (χ0v) is 22.0. The Bertz CT molecular complexity index is 750. The Morgan fingerprint density at radius 1 is 1.14 bits per heavy atom. The quantitative estimate of drug-likeness (QED) is 0.476. The van der Waals surface area contributed by atoms with E-state index in [1.54, 1.807) is 7.11 Å². The maximum absolute atomic E-state index is 12.8. The summed E-state index contributed by atoms with van der Waals surface area (Å²) >= 11 is 3.73. The summed E-state index contributed by atoms with van der Waals surface area (Å²) in [5.41, 5.74) is 1.79. The lowest BCUT2D eigenvalue weighted by atomic mass is 9.85. The fourth-order valence-corrected chi connectivity index (χ4v) is 4.84. The van der Waals surface area contributed by atoms with E-state index < -0.39 is 0 Å². The Balaban J connectivity index is 2.30. The number of ether oxygens (including phenoxy) is 1. The van der Waals surface area contributed by atoms with Gasteiger partial charge in [0.15, 0.2) is 0 Å². The number of carbonyl (C=O) groups excluding carboxylic acids is 1. The minimum absolute atomic E-state index is 0.0257. The van der Waals surface area contributed by atoms with E-state index in [1.165, 1.54) is 0 Å². The standard InChI is InChI=1S/C23H36BrNO3Si/c1-21(2,3)16-13-17(24)15(12-18(16)27-9)14-25-19(10-11-20(25)26)23(7,8)28-29-22(4,5)6/h12-13,19H,10-11,14H2,1-9H3/t19-/m0/s1. The molecule has 0 unspecified atom stereocenters. The Labute approximate surface area is 187 Å². The highest BCUT2D eigenvalue weighted by molar-refractivity contribution is 9.10. The van der Waals surface area contributed by atoms with Crippen molar-refractivity contribution in [3.05, 3.63) is 27.7 Å². The molecule has 0 aromatic heterocycles. The predicted molar refractivity (Wildman–Crippen MR) is 124 cm³/mol. The fraction of sp³-hybridized carbons (Fsp3) is 0.696. The monoisotopic (exact) mass is 481 g/mol. The van der Waals surface area contributed by atoms with Crippen LogP contribution in [0.3, 0.4) is 0 Å². The van der Waals surface area contributed by atoms with E-state index in [0.717, 1.165) is 27.8 Å². The lowest BCUT2D eigenvalue weighted by molar-refractivity contribution is -0.132. The maximum Gasteiger partial charge on any atom is 0.236 e. The van der Waals surface area contributed by atoms with Crippen molar-refractivity contribution in [3.63, 3.8) is 0 Å². The second-order valence-electron chi connectivity index (χ2n) is 10.5. The van der Waals surface area contributed by atoms with Gasteiger partial charge in [0.05, 0.1) is 18.8 Å². The van der Waals surface area contributed by atoms with Crippen LogP contribution in [0.1, 0.15) is 79.4 Å². The Kier molecular flexibility index (Phi) is 7.34. The minimum atomic E-state index is -0.389. The van der Waals surface area contributed by atoms with Crippen LogP contribution in [0.15, 0.2) is 16.6 Å². The lowest BCUT2D eigenvalue weighted by Crippen LogP contribution is -2.49. The fourth-order valence-electron chi connectivity index (χ4n) is 3.66. The van der Waals surface area contributed by atoms with Crippen LogP contribution >= 0.6 is 15.9 Å². The molecule has 1 aromatic carbocycles. The van der Waals surface area contributed by atoms with Crippen LogP contribution < -0.4 is 4.74 Å². The van der Waals surface area contributed by atoms with Crippen molar-refractivity contribution in [2.24, 2.45) is 0 Å². The van der Waals surface area contributed by atoms with Crippen LogP contribution in [0.4, 0.5) is 0 Å². The van der Waals surface area contributed by atoms with E-state index in [0.29, 0.717) is 22.7 Å². The van der Waals surface area contributed by atoms with Gasteiger partial charge in [-0.3, -0.25) is 4.79 Å². The molecule has 0 spiro atoms. The molecule has 1 saturated heterocycles. The Morgan fingerprint density at radius 3 is 2.28 bits per heavy atom. The van der Waals surface area contributed by atoms with Crippen molar-refractivity contribution >= 4 is 31.6 Å². The summed E-state index contributed by atoms with van der Waals surface area (Å²) in [5, 5.41) is 0.115. The SMILES string of the molecule is COc1cc(CN2C(=O)CC[C@H]2C(C)(C)O[Si]C(C)(C)C)c(Br)cc1C(C)(C)C. The van der Waals surface area contributed by atoms with Crippen LogP contribution in [-0.4, -0.2) is 39.3 Å². The third-order valence-corrected chi connectivity index (χ3v) is 7.25. The first-order valence-electron chi connectivity index (χ1n) is 10.3. The van der Waals surface area contributed by atoms with Gasteiger partial charge in [0.25, 0.3) is 0 Å². The molecule has 0 N–H and O–H groups in total. The van der Waals surface area contributed by atoms with Crippen molar-refractivity contribution in [1.82, 2.24) is 4.90 Å². The summed E-state index contributed by atoms with van der Waals surface area (Å²) in [6, 6.07) is 4.26. The third-order valence-electron chi connectivity index (χ3n) is 5.27. The lowest BCUT2D eigenvalue weighted by Gasteiger charge is -2.39. The number of methoxy groups -OCH3 is 1. The van der Waals surface area contributed by atoms with Crippen LogP contribution in [0, 0.1) is 0 Å². The van der Waals surface area contributed by atoms with Gasteiger partial charge in [-0.2, -0.15) is 0 Å². The molecule has 4 nitrogen and oxygen atoms in total. The van der Waals surface area contributed by atoms with Gasteiger partial charge in [-0.05, 0) is 48.4 Å². The molecular weight excluding hydrogens is 446 g/mol. The number of hydrogen-bond donors (Lipinski definition) is 0. The molecule has 1 amide bonds. The van der Waals surface area contributed by atoms with Gasteiger partial charge in [0.1, 0.15) is 5.75 Å². The summed E-state index contributed by atoms with van der Waals surface area (Å²) in [6.45, 7) is 17.8. The van der Waals surface area contributed by atoms with Crippen molar-refractivity contribution in [1.29, 1.82) is 0 Å². The van der Waals surface area contributed by atoms with Gasteiger partial charge in [-0.25, -0.2) is 0 Å². The number of nitrogens with zero attached hydrogens (tertiary/aromatic N) is 1. The summed E-state index contributed by atoms with van der Waals surface area (Å²) in [4.78, 5) is 14.7. The molecule has 1 fully saturated rings. The molecule has 1 aliphatic rings. The van der Waals surface area contributed by atoms with Crippen LogP contribution in [-0.2, 0) is 21.2 Å². The number of benzene rings is 1. The van der Waals surface area contributed by atoms with Gasteiger partial charge < -0.3 is 14.1 Å². The molecule has 0 bridgehead atoms. The molecule has 1 atom stereocenters. The predicted octanol–water partition coefficient (Wildman–Crippen LogP) is 5.88. The maximum atomic E-state index is 12.8. The topological polar surface area (TPSA) is 38.8 Å². The number of carbonyl (C=O) groups is 1.